The lowest BCUT2D eigenvalue weighted by molar-refractivity contribution is -0.153. The maximum Gasteiger partial charge on any atom is 0.249 e. The van der Waals surface area contributed by atoms with Crippen molar-refractivity contribution in [1.29, 1.82) is 0 Å². The molecule has 0 aliphatic carbocycles. The first-order valence-electron chi connectivity index (χ1n) is 5.13. The first-order chi connectivity index (χ1) is 7.50. The van der Waals surface area contributed by atoms with Gasteiger partial charge in [0.15, 0.2) is 0 Å². The summed E-state index contributed by atoms with van der Waals surface area (Å²) in [4.78, 5) is 26.1. The number of thiophene rings is 1. The Labute approximate surface area is 98.3 Å². The van der Waals surface area contributed by atoms with Gasteiger partial charge in [0.1, 0.15) is 0 Å². The Morgan fingerprint density at radius 2 is 2.25 bits per heavy atom. The van der Waals surface area contributed by atoms with E-state index in [1.165, 1.54) is 4.90 Å². The number of carbonyl (C=O) groups is 2. The lowest BCUT2D eigenvalue weighted by Crippen LogP contribution is -2.63. The molecule has 0 bridgehead atoms. The molecule has 2 rings (SSSR count). The Morgan fingerprint density at radius 1 is 1.50 bits per heavy atom. The molecule has 0 saturated carbocycles. The molecule has 1 N–H and O–H groups in total. The van der Waals surface area contributed by atoms with Gasteiger partial charge < -0.3 is 0 Å². The van der Waals surface area contributed by atoms with Crippen LogP contribution < -0.4 is 5.32 Å². The number of nitrogens with one attached hydrogen (secondary N) is 1. The van der Waals surface area contributed by atoms with E-state index in [9.17, 15) is 9.59 Å². The minimum absolute atomic E-state index is 0.155. The molecule has 1 aliphatic rings. The molecule has 1 saturated heterocycles. The Morgan fingerprint density at radius 3 is 2.88 bits per heavy atom. The zero-order valence-corrected chi connectivity index (χ0v) is 10.1. The third-order valence-corrected chi connectivity index (χ3v) is 3.52. The van der Waals surface area contributed by atoms with Gasteiger partial charge in [0.2, 0.25) is 11.8 Å². The van der Waals surface area contributed by atoms with Gasteiger partial charge in [-0.05, 0) is 25.3 Å². The number of hydrogen-bond acceptors (Lipinski definition) is 4. The number of carbonyl (C=O) groups excluding carboxylic acids is 2. The van der Waals surface area contributed by atoms with Crippen molar-refractivity contribution in [3.63, 3.8) is 0 Å². The summed E-state index contributed by atoms with van der Waals surface area (Å²) >= 11 is 1.55. The fraction of sp³-hybridized carbons (Fsp3) is 0.455. The zero-order chi connectivity index (χ0) is 11.8. The molecule has 0 aromatic carbocycles. The third-order valence-electron chi connectivity index (χ3n) is 2.66. The molecule has 0 spiro atoms. The molecule has 4 nitrogen and oxygen atoms in total. The van der Waals surface area contributed by atoms with Gasteiger partial charge >= 0.3 is 0 Å². The van der Waals surface area contributed by atoms with E-state index in [4.69, 9.17) is 0 Å². The van der Waals surface area contributed by atoms with Crippen LogP contribution in [0.25, 0.3) is 0 Å². The first kappa shape index (κ1) is 11.3. The van der Waals surface area contributed by atoms with E-state index in [0.29, 0.717) is 6.54 Å². The molecule has 86 valence electrons. The fourth-order valence-corrected chi connectivity index (χ4v) is 2.33. The Balaban J connectivity index is 2.18. The molecule has 1 aromatic rings. The maximum absolute atomic E-state index is 12.0. The second-order valence-corrected chi connectivity index (χ2v) is 5.38. The minimum atomic E-state index is -0.648. The maximum atomic E-state index is 12.0. The number of nitrogens with zero attached hydrogens (tertiary/aromatic N) is 1. The first-order valence-corrected chi connectivity index (χ1v) is 6.01. The summed E-state index contributed by atoms with van der Waals surface area (Å²) in [6.45, 7) is 4.21. The van der Waals surface area contributed by atoms with E-state index < -0.39 is 5.54 Å². The predicted molar refractivity (Wildman–Crippen MR) is 62.0 cm³/mol. The third kappa shape index (κ3) is 2.01. The van der Waals surface area contributed by atoms with E-state index in [0.717, 1.165) is 4.88 Å². The smallest absolute Gasteiger partial charge is 0.249 e. The topological polar surface area (TPSA) is 49.4 Å². The average Bonchev–Trinajstić information content (AvgIpc) is 2.72. The summed E-state index contributed by atoms with van der Waals surface area (Å²) in [5.41, 5.74) is -0.648. The van der Waals surface area contributed by atoms with Gasteiger partial charge in [0.05, 0.1) is 18.6 Å². The summed E-state index contributed by atoms with van der Waals surface area (Å²) in [5.74, 6) is -0.310. The summed E-state index contributed by atoms with van der Waals surface area (Å²) in [5, 5.41) is 4.87. The van der Waals surface area contributed by atoms with E-state index in [1.54, 1.807) is 25.2 Å². The van der Waals surface area contributed by atoms with Crippen LogP contribution in [-0.4, -0.2) is 28.8 Å². The molecule has 16 heavy (non-hydrogen) atoms. The molecule has 0 unspecified atom stereocenters. The van der Waals surface area contributed by atoms with Gasteiger partial charge in [-0.15, -0.1) is 11.3 Å². The second-order valence-electron chi connectivity index (χ2n) is 4.34. The van der Waals surface area contributed by atoms with Crippen LogP contribution in [0.2, 0.25) is 0 Å². The van der Waals surface area contributed by atoms with Gasteiger partial charge in [-0.3, -0.25) is 19.8 Å². The second kappa shape index (κ2) is 3.99. The van der Waals surface area contributed by atoms with Crippen molar-refractivity contribution < 1.29 is 9.59 Å². The van der Waals surface area contributed by atoms with Crippen LogP contribution in [0.5, 0.6) is 0 Å². The van der Waals surface area contributed by atoms with Crippen molar-refractivity contribution in [3.8, 4) is 0 Å². The van der Waals surface area contributed by atoms with E-state index >= 15 is 0 Å². The van der Waals surface area contributed by atoms with Gasteiger partial charge in [-0.2, -0.15) is 0 Å². The highest BCUT2D eigenvalue weighted by molar-refractivity contribution is 7.09. The molecule has 1 aliphatic heterocycles. The highest BCUT2D eigenvalue weighted by Crippen LogP contribution is 2.18. The molecule has 5 heteroatoms. The Kier molecular flexibility index (Phi) is 2.82. The number of rotatable bonds is 2. The van der Waals surface area contributed by atoms with Crippen molar-refractivity contribution in [3.05, 3.63) is 22.4 Å². The predicted octanol–water partition coefficient (Wildman–Crippen LogP) is 0.985. The van der Waals surface area contributed by atoms with Crippen molar-refractivity contribution in [2.24, 2.45) is 0 Å². The van der Waals surface area contributed by atoms with Gasteiger partial charge in [0, 0.05) is 4.88 Å². The highest BCUT2D eigenvalue weighted by Gasteiger charge is 2.39. The summed E-state index contributed by atoms with van der Waals surface area (Å²) in [6.07, 6.45) is 0. The van der Waals surface area contributed by atoms with Crippen molar-refractivity contribution in [2.45, 2.75) is 25.9 Å². The Hall–Kier alpha value is -1.20. The van der Waals surface area contributed by atoms with Gasteiger partial charge in [0.25, 0.3) is 0 Å². The normalized spacial score (nSPS) is 20.2. The van der Waals surface area contributed by atoms with Crippen molar-refractivity contribution >= 4 is 23.2 Å². The molecule has 0 radical (unpaired) electrons. The lowest BCUT2D eigenvalue weighted by atomic mass is 10.0. The molecule has 1 fully saturated rings. The van der Waals surface area contributed by atoms with Crippen LogP contribution in [0.4, 0.5) is 0 Å². The zero-order valence-electron chi connectivity index (χ0n) is 9.32. The minimum Gasteiger partial charge on any atom is -0.295 e. The quantitative estimate of drug-likeness (QED) is 0.782. The van der Waals surface area contributed by atoms with Crippen molar-refractivity contribution in [2.75, 3.05) is 6.54 Å². The lowest BCUT2D eigenvalue weighted by Gasteiger charge is -2.36. The molecule has 2 amide bonds. The van der Waals surface area contributed by atoms with Crippen LogP contribution in [0.1, 0.15) is 18.7 Å². The number of imide groups is 1. The number of piperazine rings is 1. The Bertz CT molecular complexity index is 412. The van der Waals surface area contributed by atoms with E-state index in [-0.39, 0.29) is 18.4 Å². The fourth-order valence-electron chi connectivity index (χ4n) is 1.64. The molecular weight excluding hydrogens is 224 g/mol. The van der Waals surface area contributed by atoms with E-state index in [1.807, 2.05) is 17.5 Å². The number of amides is 2. The van der Waals surface area contributed by atoms with E-state index in [2.05, 4.69) is 5.32 Å². The highest BCUT2D eigenvalue weighted by atomic mass is 32.1. The van der Waals surface area contributed by atoms with Crippen molar-refractivity contribution in [1.82, 2.24) is 10.2 Å². The SMILES string of the molecule is CC1(C)NCC(=O)N(Cc2cccs2)C1=O. The molecule has 1 aromatic heterocycles. The number of hydrogen-bond donors (Lipinski definition) is 1. The van der Waals surface area contributed by atoms with Gasteiger partial charge in [-0.1, -0.05) is 6.07 Å². The standard InChI is InChI=1S/C11H14N2O2S/c1-11(2)10(15)13(9(14)6-12-11)7-8-4-3-5-16-8/h3-5,12H,6-7H2,1-2H3. The molecule has 2 heterocycles. The van der Waals surface area contributed by atoms with Crippen LogP contribution in [0.3, 0.4) is 0 Å². The van der Waals surface area contributed by atoms with Crippen LogP contribution in [0.15, 0.2) is 17.5 Å². The monoisotopic (exact) mass is 238 g/mol. The summed E-state index contributed by atoms with van der Waals surface area (Å²) in [7, 11) is 0. The van der Waals surface area contributed by atoms with Crippen LogP contribution in [-0.2, 0) is 16.1 Å². The van der Waals surface area contributed by atoms with Gasteiger partial charge in [-0.25, -0.2) is 0 Å². The molecule has 0 atom stereocenters. The largest absolute Gasteiger partial charge is 0.295 e. The summed E-state index contributed by atoms with van der Waals surface area (Å²) < 4.78 is 0. The molecular formula is C11H14N2O2S. The average molecular weight is 238 g/mol. The summed E-state index contributed by atoms with van der Waals surface area (Å²) in [6, 6.07) is 3.85. The van der Waals surface area contributed by atoms with Crippen LogP contribution in [0, 0.1) is 0 Å². The van der Waals surface area contributed by atoms with Crippen LogP contribution >= 0.6 is 11.3 Å².